The molecule has 4 nitrogen and oxygen atoms in total. The fraction of sp³-hybridized carbons (Fsp3) is 0.500. The van der Waals surface area contributed by atoms with Gasteiger partial charge in [0.15, 0.2) is 0 Å². The standard InChI is InChI=1S/C10H17N3OS/c1-3-11-10-8-9(4-5-13-10)12-6-7-15(2)14/h4-5,8H,3,6-7H2,1-2H3,(H2,11,12,13). The van der Waals surface area contributed by atoms with Crippen molar-refractivity contribution < 1.29 is 4.21 Å². The minimum Gasteiger partial charge on any atom is -0.384 e. The highest BCUT2D eigenvalue weighted by atomic mass is 32.2. The molecule has 0 bridgehead atoms. The number of rotatable bonds is 6. The van der Waals surface area contributed by atoms with Crippen molar-refractivity contribution in [1.29, 1.82) is 0 Å². The van der Waals surface area contributed by atoms with E-state index in [9.17, 15) is 4.21 Å². The summed E-state index contributed by atoms with van der Waals surface area (Å²) < 4.78 is 10.8. The van der Waals surface area contributed by atoms with Crippen LogP contribution in [0, 0.1) is 0 Å². The van der Waals surface area contributed by atoms with E-state index in [-0.39, 0.29) is 0 Å². The Balaban J connectivity index is 2.46. The second-order valence-corrected chi connectivity index (χ2v) is 4.72. The van der Waals surface area contributed by atoms with Crippen LogP contribution in [-0.4, -0.2) is 34.3 Å². The number of aromatic nitrogens is 1. The van der Waals surface area contributed by atoms with Crippen LogP contribution in [0.25, 0.3) is 0 Å². The molecule has 1 rings (SSSR count). The van der Waals surface area contributed by atoms with Crippen LogP contribution in [0.15, 0.2) is 18.3 Å². The first kappa shape index (κ1) is 12.0. The van der Waals surface area contributed by atoms with Crippen LogP contribution in [0.2, 0.25) is 0 Å². The van der Waals surface area contributed by atoms with Crippen molar-refractivity contribution in [2.45, 2.75) is 6.92 Å². The lowest BCUT2D eigenvalue weighted by Gasteiger charge is -2.07. The monoisotopic (exact) mass is 227 g/mol. The topological polar surface area (TPSA) is 54.0 Å². The summed E-state index contributed by atoms with van der Waals surface area (Å²) in [6, 6.07) is 3.85. The van der Waals surface area contributed by atoms with Gasteiger partial charge in [0.1, 0.15) is 5.82 Å². The zero-order valence-electron chi connectivity index (χ0n) is 9.12. The second-order valence-electron chi connectivity index (χ2n) is 3.16. The summed E-state index contributed by atoms with van der Waals surface area (Å²) >= 11 is 0. The van der Waals surface area contributed by atoms with Gasteiger partial charge in [-0.25, -0.2) is 4.98 Å². The summed E-state index contributed by atoms with van der Waals surface area (Å²) in [7, 11) is -0.742. The number of pyridine rings is 1. The molecule has 2 N–H and O–H groups in total. The third kappa shape index (κ3) is 4.78. The van der Waals surface area contributed by atoms with E-state index in [0.717, 1.165) is 24.6 Å². The number of hydrogen-bond acceptors (Lipinski definition) is 4. The maximum atomic E-state index is 10.8. The van der Waals surface area contributed by atoms with Gasteiger partial charge < -0.3 is 10.6 Å². The molecule has 0 aliphatic heterocycles. The molecule has 84 valence electrons. The largest absolute Gasteiger partial charge is 0.384 e. The van der Waals surface area contributed by atoms with Gasteiger partial charge in [-0.2, -0.15) is 0 Å². The first-order chi connectivity index (χ1) is 7.22. The molecule has 0 radical (unpaired) electrons. The van der Waals surface area contributed by atoms with Crippen LogP contribution in [0.4, 0.5) is 11.5 Å². The first-order valence-corrected chi connectivity index (χ1v) is 6.69. The molecule has 0 saturated heterocycles. The summed E-state index contributed by atoms with van der Waals surface area (Å²) in [5.41, 5.74) is 1.01. The zero-order valence-corrected chi connectivity index (χ0v) is 9.93. The molecule has 1 aromatic rings. The van der Waals surface area contributed by atoms with Gasteiger partial charge in [0.25, 0.3) is 0 Å². The molecule has 15 heavy (non-hydrogen) atoms. The molecule has 0 aromatic carbocycles. The Morgan fingerprint density at radius 3 is 2.93 bits per heavy atom. The molecule has 0 aliphatic rings. The van der Waals surface area contributed by atoms with Crippen LogP contribution in [-0.2, 0) is 10.8 Å². The Kier molecular flexibility index (Phi) is 5.10. The fourth-order valence-electron chi connectivity index (χ4n) is 1.16. The molecular weight excluding hydrogens is 210 g/mol. The maximum absolute atomic E-state index is 10.8. The minimum atomic E-state index is -0.742. The van der Waals surface area contributed by atoms with Crippen LogP contribution >= 0.6 is 0 Å². The molecule has 0 fully saturated rings. The smallest absolute Gasteiger partial charge is 0.127 e. The van der Waals surface area contributed by atoms with Crippen LogP contribution in [0.1, 0.15) is 6.92 Å². The predicted octanol–water partition coefficient (Wildman–Crippen LogP) is 1.30. The van der Waals surface area contributed by atoms with Crippen molar-refractivity contribution in [1.82, 2.24) is 4.98 Å². The Morgan fingerprint density at radius 1 is 1.47 bits per heavy atom. The van der Waals surface area contributed by atoms with E-state index in [4.69, 9.17) is 0 Å². The zero-order chi connectivity index (χ0) is 11.1. The SMILES string of the molecule is CCNc1cc(NCCS(C)=O)ccn1. The summed E-state index contributed by atoms with van der Waals surface area (Å²) in [6.45, 7) is 3.61. The molecule has 1 aromatic heterocycles. The third-order valence-electron chi connectivity index (χ3n) is 1.84. The molecule has 5 heteroatoms. The van der Waals surface area contributed by atoms with E-state index >= 15 is 0 Å². The van der Waals surface area contributed by atoms with Crippen LogP contribution < -0.4 is 10.6 Å². The maximum Gasteiger partial charge on any atom is 0.127 e. The molecule has 1 heterocycles. The summed E-state index contributed by atoms with van der Waals surface area (Å²) in [5.74, 6) is 1.53. The summed E-state index contributed by atoms with van der Waals surface area (Å²) in [6.07, 6.45) is 3.46. The highest BCUT2D eigenvalue weighted by Crippen LogP contribution is 2.10. The van der Waals surface area contributed by atoms with Crippen LogP contribution in [0.5, 0.6) is 0 Å². The van der Waals surface area contributed by atoms with Gasteiger partial charge in [0, 0.05) is 53.8 Å². The summed E-state index contributed by atoms with van der Waals surface area (Å²) in [4.78, 5) is 4.16. The predicted molar refractivity (Wildman–Crippen MR) is 65.8 cm³/mol. The van der Waals surface area contributed by atoms with E-state index < -0.39 is 10.8 Å². The van der Waals surface area contributed by atoms with Crippen molar-refractivity contribution in [3.05, 3.63) is 18.3 Å². The number of anilines is 2. The van der Waals surface area contributed by atoms with Crippen molar-refractivity contribution in [2.75, 3.05) is 35.7 Å². The normalized spacial score (nSPS) is 12.1. The molecule has 0 saturated carbocycles. The van der Waals surface area contributed by atoms with Gasteiger partial charge >= 0.3 is 0 Å². The Labute approximate surface area is 92.9 Å². The molecule has 0 spiro atoms. The number of nitrogens with zero attached hydrogens (tertiary/aromatic N) is 1. The van der Waals surface area contributed by atoms with Crippen molar-refractivity contribution in [3.63, 3.8) is 0 Å². The molecule has 1 atom stereocenters. The number of hydrogen-bond donors (Lipinski definition) is 2. The van der Waals surface area contributed by atoms with Gasteiger partial charge in [-0.1, -0.05) is 0 Å². The molecule has 0 aliphatic carbocycles. The van der Waals surface area contributed by atoms with E-state index in [1.807, 2.05) is 19.1 Å². The lowest BCUT2D eigenvalue weighted by atomic mass is 10.4. The average molecular weight is 227 g/mol. The lowest BCUT2D eigenvalue weighted by molar-refractivity contribution is 0.687. The van der Waals surface area contributed by atoms with E-state index in [1.54, 1.807) is 12.5 Å². The average Bonchev–Trinajstić information content (AvgIpc) is 2.18. The molecule has 0 amide bonds. The third-order valence-corrected chi connectivity index (χ3v) is 2.62. The van der Waals surface area contributed by atoms with Crippen molar-refractivity contribution in [3.8, 4) is 0 Å². The lowest BCUT2D eigenvalue weighted by Crippen LogP contribution is -2.10. The van der Waals surface area contributed by atoms with E-state index in [2.05, 4.69) is 15.6 Å². The van der Waals surface area contributed by atoms with E-state index in [1.165, 1.54) is 0 Å². The first-order valence-electron chi connectivity index (χ1n) is 4.96. The number of nitrogens with one attached hydrogen (secondary N) is 2. The Bertz CT molecular complexity index is 330. The fourth-order valence-corrected chi connectivity index (χ4v) is 1.55. The van der Waals surface area contributed by atoms with Gasteiger partial charge in [-0.15, -0.1) is 0 Å². The van der Waals surface area contributed by atoms with Gasteiger partial charge in [0.05, 0.1) is 0 Å². The van der Waals surface area contributed by atoms with Gasteiger partial charge in [0.2, 0.25) is 0 Å². The van der Waals surface area contributed by atoms with E-state index in [0.29, 0.717) is 5.75 Å². The van der Waals surface area contributed by atoms with Crippen LogP contribution in [0.3, 0.4) is 0 Å². The van der Waals surface area contributed by atoms with Gasteiger partial charge in [-0.3, -0.25) is 4.21 Å². The van der Waals surface area contributed by atoms with Crippen molar-refractivity contribution >= 4 is 22.3 Å². The highest BCUT2D eigenvalue weighted by Gasteiger charge is 1.96. The Morgan fingerprint density at radius 2 is 2.27 bits per heavy atom. The Hall–Kier alpha value is -1.10. The van der Waals surface area contributed by atoms with Gasteiger partial charge in [-0.05, 0) is 13.0 Å². The molecular formula is C10H17N3OS. The second kappa shape index (κ2) is 6.40. The highest BCUT2D eigenvalue weighted by molar-refractivity contribution is 7.84. The minimum absolute atomic E-state index is 0.666. The van der Waals surface area contributed by atoms with Crippen molar-refractivity contribution in [2.24, 2.45) is 0 Å². The quantitative estimate of drug-likeness (QED) is 0.769. The summed E-state index contributed by atoms with van der Waals surface area (Å²) in [5, 5.41) is 6.34. The molecule has 1 unspecified atom stereocenters.